The minimum atomic E-state index is -0.353. The van der Waals surface area contributed by atoms with Gasteiger partial charge in [-0.25, -0.2) is 4.79 Å². The third-order valence-electron chi connectivity index (χ3n) is 3.61. The standard InChI is InChI=1S/C17H22O4/c18-16-13-14-9-5-6-10-15(14)17(19)21-12-8-4-2-1-3-7-11-20-16/h5-6,9-10H,1-4,7-8,11-13H2. The van der Waals surface area contributed by atoms with Crippen LogP contribution in [0.25, 0.3) is 0 Å². The quantitative estimate of drug-likeness (QED) is 0.688. The van der Waals surface area contributed by atoms with E-state index < -0.39 is 0 Å². The first kappa shape index (κ1) is 15.5. The van der Waals surface area contributed by atoms with E-state index >= 15 is 0 Å². The minimum Gasteiger partial charge on any atom is -0.465 e. The summed E-state index contributed by atoms with van der Waals surface area (Å²) in [5.41, 5.74) is 1.13. The van der Waals surface area contributed by atoms with Crippen LogP contribution in [0, 0.1) is 0 Å². The van der Waals surface area contributed by atoms with Crippen LogP contribution in [0.2, 0.25) is 0 Å². The molecule has 0 bridgehead atoms. The molecule has 1 aromatic rings. The molecule has 0 atom stereocenters. The van der Waals surface area contributed by atoms with Crippen LogP contribution in [0.1, 0.15) is 54.4 Å². The predicted molar refractivity (Wildman–Crippen MR) is 79.1 cm³/mol. The Kier molecular flexibility index (Phi) is 6.25. The molecule has 0 saturated heterocycles. The van der Waals surface area contributed by atoms with Gasteiger partial charge in [0.15, 0.2) is 0 Å². The zero-order valence-electron chi connectivity index (χ0n) is 12.3. The summed E-state index contributed by atoms with van der Waals surface area (Å²) < 4.78 is 10.5. The van der Waals surface area contributed by atoms with Crippen LogP contribution >= 0.6 is 0 Å². The highest BCUT2D eigenvalue weighted by molar-refractivity contribution is 5.92. The molecule has 114 valence electrons. The zero-order valence-corrected chi connectivity index (χ0v) is 12.3. The van der Waals surface area contributed by atoms with Gasteiger partial charge in [0.25, 0.3) is 0 Å². The van der Waals surface area contributed by atoms with Crippen LogP contribution in [0.5, 0.6) is 0 Å². The normalized spacial score (nSPS) is 18.7. The van der Waals surface area contributed by atoms with Crippen molar-refractivity contribution < 1.29 is 19.1 Å². The number of fused-ring (bicyclic) bond motifs is 1. The molecular formula is C17H22O4. The Balaban J connectivity index is 2.07. The van der Waals surface area contributed by atoms with Gasteiger partial charge in [0.05, 0.1) is 25.2 Å². The topological polar surface area (TPSA) is 52.6 Å². The van der Waals surface area contributed by atoms with E-state index in [9.17, 15) is 9.59 Å². The van der Waals surface area contributed by atoms with Crippen LogP contribution in [0.15, 0.2) is 24.3 Å². The van der Waals surface area contributed by atoms with Crippen LogP contribution in [0.4, 0.5) is 0 Å². The lowest BCUT2D eigenvalue weighted by Gasteiger charge is -2.09. The van der Waals surface area contributed by atoms with Crippen molar-refractivity contribution >= 4 is 11.9 Å². The highest BCUT2D eigenvalue weighted by Crippen LogP contribution is 2.14. The molecule has 2 rings (SSSR count). The van der Waals surface area contributed by atoms with Gasteiger partial charge in [0.1, 0.15) is 0 Å². The van der Waals surface area contributed by atoms with E-state index in [-0.39, 0.29) is 18.4 Å². The lowest BCUT2D eigenvalue weighted by atomic mass is 10.0. The third kappa shape index (κ3) is 5.21. The third-order valence-corrected chi connectivity index (χ3v) is 3.61. The highest BCUT2D eigenvalue weighted by atomic mass is 16.5. The fraction of sp³-hybridized carbons (Fsp3) is 0.529. The van der Waals surface area contributed by atoms with Crippen molar-refractivity contribution in [1.29, 1.82) is 0 Å². The second-order valence-corrected chi connectivity index (χ2v) is 5.31. The number of rotatable bonds is 0. The van der Waals surface area contributed by atoms with Crippen molar-refractivity contribution in [2.45, 2.75) is 44.9 Å². The zero-order chi connectivity index (χ0) is 14.9. The van der Waals surface area contributed by atoms with E-state index in [0.29, 0.717) is 24.3 Å². The number of hydrogen-bond donors (Lipinski definition) is 0. The molecule has 0 saturated carbocycles. The van der Waals surface area contributed by atoms with Gasteiger partial charge < -0.3 is 9.47 Å². The summed E-state index contributed by atoms with van der Waals surface area (Å²) in [6, 6.07) is 7.06. The van der Waals surface area contributed by atoms with Gasteiger partial charge in [-0.05, 0) is 24.5 Å². The van der Waals surface area contributed by atoms with Crippen molar-refractivity contribution in [1.82, 2.24) is 0 Å². The Morgan fingerprint density at radius 1 is 0.762 bits per heavy atom. The lowest BCUT2D eigenvalue weighted by molar-refractivity contribution is -0.142. The summed E-state index contributed by atoms with van der Waals surface area (Å²) in [7, 11) is 0. The van der Waals surface area contributed by atoms with Gasteiger partial charge in [-0.1, -0.05) is 43.9 Å². The Morgan fingerprint density at radius 3 is 2.14 bits per heavy atom. The van der Waals surface area contributed by atoms with Crippen LogP contribution in [0.3, 0.4) is 0 Å². The van der Waals surface area contributed by atoms with Crippen molar-refractivity contribution in [3.8, 4) is 0 Å². The molecule has 4 nitrogen and oxygen atoms in total. The van der Waals surface area contributed by atoms with E-state index in [1.807, 2.05) is 6.07 Å². The Morgan fingerprint density at radius 2 is 1.38 bits per heavy atom. The van der Waals surface area contributed by atoms with Gasteiger partial charge >= 0.3 is 11.9 Å². The van der Waals surface area contributed by atoms with E-state index in [2.05, 4.69) is 0 Å². The maximum absolute atomic E-state index is 12.1. The summed E-state index contributed by atoms with van der Waals surface area (Å²) in [5.74, 6) is -0.640. The molecule has 0 aliphatic carbocycles. The van der Waals surface area contributed by atoms with Gasteiger partial charge in [0.2, 0.25) is 0 Å². The lowest BCUT2D eigenvalue weighted by Crippen LogP contribution is -2.14. The summed E-state index contributed by atoms with van der Waals surface area (Å²) >= 11 is 0. The Bertz CT molecular complexity index is 481. The van der Waals surface area contributed by atoms with Crippen molar-refractivity contribution in [2.75, 3.05) is 13.2 Å². The second kappa shape index (κ2) is 8.45. The second-order valence-electron chi connectivity index (χ2n) is 5.31. The fourth-order valence-electron chi connectivity index (χ4n) is 2.42. The number of ether oxygens (including phenoxy) is 2. The molecule has 1 heterocycles. The molecule has 0 spiro atoms. The minimum absolute atomic E-state index is 0.116. The Labute approximate surface area is 125 Å². The summed E-state index contributed by atoms with van der Waals surface area (Å²) in [6.07, 6.45) is 6.31. The van der Waals surface area contributed by atoms with Gasteiger partial charge in [-0.2, -0.15) is 0 Å². The van der Waals surface area contributed by atoms with Crippen molar-refractivity contribution in [3.63, 3.8) is 0 Å². The van der Waals surface area contributed by atoms with Crippen molar-refractivity contribution in [3.05, 3.63) is 35.4 Å². The van der Waals surface area contributed by atoms with E-state index in [1.165, 1.54) is 0 Å². The number of cyclic esters (lactones) is 2. The average molecular weight is 290 g/mol. The number of hydrogen-bond acceptors (Lipinski definition) is 4. The number of esters is 2. The first-order valence-electron chi connectivity index (χ1n) is 7.68. The SMILES string of the molecule is O=C1Cc2ccccc2C(=O)OCCCCCCCCO1. The maximum Gasteiger partial charge on any atom is 0.338 e. The number of carbonyl (C=O) groups excluding carboxylic acids is 2. The van der Waals surface area contributed by atoms with E-state index in [1.54, 1.807) is 18.2 Å². The summed E-state index contributed by atoms with van der Waals surface area (Å²) in [4.78, 5) is 23.9. The number of benzene rings is 1. The predicted octanol–water partition coefficient (Wildman–Crippen LogP) is 3.28. The molecule has 21 heavy (non-hydrogen) atoms. The molecule has 0 fully saturated rings. The molecule has 0 aromatic heterocycles. The monoisotopic (exact) mass is 290 g/mol. The number of carbonyl (C=O) groups is 2. The maximum atomic E-state index is 12.1. The van der Waals surface area contributed by atoms with E-state index in [4.69, 9.17) is 9.47 Å². The van der Waals surface area contributed by atoms with Crippen LogP contribution in [-0.2, 0) is 20.7 Å². The Hall–Kier alpha value is -1.84. The molecule has 0 N–H and O–H groups in total. The first-order valence-corrected chi connectivity index (χ1v) is 7.68. The smallest absolute Gasteiger partial charge is 0.338 e. The van der Waals surface area contributed by atoms with Crippen LogP contribution in [-0.4, -0.2) is 25.2 Å². The summed E-state index contributed by atoms with van der Waals surface area (Å²) in [5, 5.41) is 0. The molecule has 1 aliphatic heterocycles. The van der Waals surface area contributed by atoms with E-state index in [0.717, 1.165) is 38.5 Å². The molecule has 0 amide bonds. The van der Waals surface area contributed by atoms with Crippen LogP contribution < -0.4 is 0 Å². The largest absolute Gasteiger partial charge is 0.465 e. The van der Waals surface area contributed by atoms with Crippen molar-refractivity contribution in [2.24, 2.45) is 0 Å². The molecular weight excluding hydrogens is 268 g/mol. The molecule has 4 heteroatoms. The molecule has 0 radical (unpaired) electrons. The molecule has 1 aliphatic rings. The van der Waals surface area contributed by atoms with Gasteiger partial charge in [-0.3, -0.25) is 4.79 Å². The van der Waals surface area contributed by atoms with Gasteiger partial charge in [0, 0.05) is 0 Å². The first-order chi connectivity index (χ1) is 10.3. The molecule has 0 unspecified atom stereocenters. The average Bonchev–Trinajstić information content (AvgIpc) is 2.49. The summed E-state index contributed by atoms with van der Waals surface area (Å²) in [6.45, 7) is 0.906. The fourth-order valence-corrected chi connectivity index (χ4v) is 2.42. The molecule has 1 aromatic carbocycles. The van der Waals surface area contributed by atoms with Gasteiger partial charge in [-0.15, -0.1) is 0 Å². The highest BCUT2D eigenvalue weighted by Gasteiger charge is 2.15.